The maximum Gasteiger partial charge on any atom is 0.106 e. The minimum atomic E-state index is 0.691. The lowest BCUT2D eigenvalue weighted by molar-refractivity contribution is 0.225. The molecule has 1 fully saturated rings. The Bertz CT molecular complexity index is 328. The summed E-state index contributed by atoms with van der Waals surface area (Å²) in [5.41, 5.74) is 6.69. The molecule has 18 heavy (non-hydrogen) atoms. The maximum absolute atomic E-state index is 5.52. The molecule has 0 saturated carbocycles. The number of imidazole rings is 1. The average molecular weight is 250 g/mol. The molecule has 0 unspecified atom stereocenters. The number of hydrogen-bond acceptors (Lipinski definition) is 3. The minimum absolute atomic E-state index is 0.691. The zero-order valence-corrected chi connectivity index (χ0v) is 11.3. The van der Waals surface area contributed by atoms with E-state index in [0.29, 0.717) is 6.54 Å². The molecule has 0 spiro atoms. The van der Waals surface area contributed by atoms with Gasteiger partial charge in [-0.1, -0.05) is 6.42 Å². The number of piperidine rings is 1. The topological polar surface area (TPSA) is 57.9 Å². The number of aromatic nitrogens is 2. The lowest BCUT2D eigenvalue weighted by Gasteiger charge is -2.26. The van der Waals surface area contributed by atoms with Crippen molar-refractivity contribution in [3.8, 4) is 0 Å². The molecule has 0 aromatic carbocycles. The second-order valence-corrected chi connectivity index (χ2v) is 5.25. The Kier molecular flexibility index (Phi) is 5.68. The van der Waals surface area contributed by atoms with Crippen LogP contribution in [-0.2, 0) is 12.8 Å². The fraction of sp³-hybridized carbons (Fsp3) is 0.786. The molecular formula is C14H26N4. The molecule has 0 atom stereocenters. The number of H-pyrrole nitrogens is 1. The van der Waals surface area contributed by atoms with Gasteiger partial charge in [0, 0.05) is 24.7 Å². The summed E-state index contributed by atoms with van der Waals surface area (Å²) in [5, 5.41) is 0. The first-order chi connectivity index (χ1) is 8.88. The van der Waals surface area contributed by atoms with Gasteiger partial charge in [0.2, 0.25) is 0 Å². The van der Waals surface area contributed by atoms with E-state index >= 15 is 0 Å². The van der Waals surface area contributed by atoms with Gasteiger partial charge in [-0.3, -0.25) is 0 Å². The maximum atomic E-state index is 5.52. The molecule has 4 nitrogen and oxygen atoms in total. The van der Waals surface area contributed by atoms with E-state index in [1.54, 1.807) is 0 Å². The second-order valence-electron chi connectivity index (χ2n) is 5.25. The van der Waals surface area contributed by atoms with Crippen LogP contribution in [0.15, 0.2) is 6.20 Å². The molecule has 0 bridgehead atoms. The largest absolute Gasteiger partial charge is 0.346 e. The highest BCUT2D eigenvalue weighted by atomic mass is 15.1. The van der Waals surface area contributed by atoms with Gasteiger partial charge in [0.1, 0.15) is 5.82 Å². The number of aromatic amines is 1. The summed E-state index contributed by atoms with van der Waals surface area (Å²) in [6.45, 7) is 4.57. The number of nitrogens with two attached hydrogens (primary N) is 1. The second kappa shape index (κ2) is 7.54. The first-order valence-corrected chi connectivity index (χ1v) is 7.33. The number of rotatable bonds is 7. The first-order valence-electron chi connectivity index (χ1n) is 7.33. The van der Waals surface area contributed by atoms with E-state index in [1.807, 2.05) is 6.20 Å². The van der Waals surface area contributed by atoms with Crippen molar-refractivity contribution in [2.24, 2.45) is 5.73 Å². The summed E-state index contributed by atoms with van der Waals surface area (Å²) >= 11 is 0. The number of aryl methyl sites for hydroxylation is 1. The van der Waals surface area contributed by atoms with Crippen molar-refractivity contribution in [2.75, 3.05) is 26.2 Å². The van der Waals surface area contributed by atoms with Gasteiger partial charge in [-0.25, -0.2) is 4.98 Å². The number of nitrogens with zero attached hydrogens (tertiary/aromatic N) is 2. The van der Waals surface area contributed by atoms with E-state index in [0.717, 1.165) is 18.7 Å². The molecule has 1 aliphatic rings. The third-order valence-electron chi connectivity index (χ3n) is 3.68. The Hall–Kier alpha value is -0.870. The molecule has 102 valence electrons. The van der Waals surface area contributed by atoms with E-state index in [-0.39, 0.29) is 0 Å². The summed E-state index contributed by atoms with van der Waals surface area (Å²) in [5.74, 6) is 1.12. The Balaban J connectivity index is 1.59. The van der Waals surface area contributed by atoms with Crippen LogP contribution in [0.4, 0.5) is 0 Å². The lowest BCUT2D eigenvalue weighted by Crippen LogP contribution is -2.30. The molecule has 3 N–H and O–H groups in total. The molecule has 1 saturated heterocycles. The fourth-order valence-electron chi connectivity index (χ4n) is 2.63. The van der Waals surface area contributed by atoms with E-state index in [4.69, 9.17) is 5.73 Å². The van der Waals surface area contributed by atoms with Crippen molar-refractivity contribution in [1.82, 2.24) is 14.9 Å². The van der Waals surface area contributed by atoms with Crippen LogP contribution in [0, 0.1) is 0 Å². The molecule has 0 radical (unpaired) electrons. The molecule has 0 amide bonds. The molecule has 2 heterocycles. The standard InChI is InChI=1S/C14H26N4/c15-8-7-13-12-16-14(17-13)6-2-5-11-18-9-3-1-4-10-18/h12H,1-11,15H2,(H,16,17). The van der Waals surface area contributed by atoms with Gasteiger partial charge in [-0.05, 0) is 51.9 Å². The normalized spacial score (nSPS) is 17.2. The smallest absolute Gasteiger partial charge is 0.106 e. The van der Waals surface area contributed by atoms with Crippen molar-refractivity contribution in [3.63, 3.8) is 0 Å². The SMILES string of the molecule is NCCc1cnc(CCCCN2CCCCC2)[nH]1. The summed E-state index contributed by atoms with van der Waals surface area (Å²) in [6, 6.07) is 0. The van der Waals surface area contributed by atoms with Crippen LogP contribution < -0.4 is 5.73 Å². The van der Waals surface area contributed by atoms with Gasteiger partial charge in [0.25, 0.3) is 0 Å². The highest BCUT2D eigenvalue weighted by molar-refractivity contribution is 5.01. The van der Waals surface area contributed by atoms with Gasteiger partial charge in [-0.15, -0.1) is 0 Å². The minimum Gasteiger partial charge on any atom is -0.346 e. The Morgan fingerprint density at radius 2 is 2.00 bits per heavy atom. The lowest BCUT2D eigenvalue weighted by atomic mass is 10.1. The van der Waals surface area contributed by atoms with Crippen molar-refractivity contribution < 1.29 is 0 Å². The van der Waals surface area contributed by atoms with Crippen LogP contribution in [0.2, 0.25) is 0 Å². The van der Waals surface area contributed by atoms with E-state index < -0.39 is 0 Å². The van der Waals surface area contributed by atoms with E-state index in [1.165, 1.54) is 57.4 Å². The molecule has 4 heteroatoms. The van der Waals surface area contributed by atoms with Gasteiger partial charge in [0.05, 0.1) is 0 Å². The molecule has 2 rings (SSSR count). The summed E-state index contributed by atoms with van der Waals surface area (Å²) in [4.78, 5) is 10.3. The van der Waals surface area contributed by atoms with Crippen molar-refractivity contribution in [3.05, 3.63) is 17.7 Å². The van der Waals surface area contributed by atoms with Crippen LogP contribution >= 0.6 is 0 Å². The van der Waals surface area contributed by atoms with E-state index in [2.05, 4.69) is 14.9 Å². The molecule has 1 aliphatic heterocycles. The van der Waals surface area contributed by atoms with Crippen LogP contribution in [0.25, 0.3) is 0 Å². The molecule has 1 aromatic heterocycles. The molecule has 0 aliphatic carbocycles. The highest BCUT2D eigenvalue weighted by Gasteiger charge is 2.09. The quantitative estimate of drug-likeness (QED) is 0.724. The average Bonchev–Trinajstić information content (AvgIpc) is 2.84. The van der Waals surface area contributed by atoms with Crippen molar-refractivity contribution >= 4 is 0 Å². The Morgan fingerprint density at radius 1 is 1.17 bits per heavy atom. The molecule has 1 aromatic rings. The van der Waals surface area contributed by atoms with Gasteiger partial charge in [0.15, 0.2) is 0 Å². The van der Waals surface area contributed by atoms with Crippen LogP contribution in [0.1, 0.15) is 43.6 Å². The molecular weight excluding hydrogens is 224 g/mol. The Labute approximate surface area is 110 Å². The van der Waals surface area contributed by atoms with Crippen molar-refractivity contribution in [2.45, 2.75) is 44.9 Å². The third kappa shape index (κ3) is 4.42. The van der Waals surface area contributed by atoms with E-state index in [9.17, 15) is 0 Å². The predicted molar refractivity (Wildman–Crippen MR) is 74.6 cm³/mol. The summed E-state index contributed by atoms with van der Waals surface area (Å²) in [7, 11) is 0. The Morgan fingerprint density at radius 3 is 2.78 bits per heavy atom. The van der Waals surface area contributed by atoms with Gasteiger partial charge >= 0.3 is 0 Å². The first kappa shape index (κ1) is 13.6. The number of nitrogens with one attached hydrogen (secondary N) is 1. The van der Waals surface area contributed by atoms with Crippen molar-refractivity contribution in [1.29, 1.82) is 0 Å². The van der Waals surface area contributed by atoms with Gasteiger partial charge < -0.3 is 15.6 Å². The highest BCUT2D eigenvalue weighted by Crippen LogP contribution is 2.10. The van der Waals surface area contributed by atoms with Crippen LogP contribution in [-0.4, -0.2) is 41.0 Å². The fourth-order valence-corrected chi connectivity index (χ4v) is 2.63. The zero-order valence-electron chi connectivity index (χ0n) is 11.3. The predicted octanol–water partition coefficient (Wildman–Crippen LogP) is 1.72. The number of unbranched alkanes of at least 4 members (excludes halogenated alkanes) is 1. The van der Waals surface area contributed by atoms with Crippen LogP contribution in [0.3, 0.4) is 0 Å². The summed E-state index contributed by atoms with van der Waals surface area (Å²) in [6.07, 6.45) is 10.6. The van der Waals surface area contributed by atoms with Gasteiger partial charge in [-0.2, -0.15) is 0 Å². The number of hydrogen-bond donors (Lipinski definition) is 2. The zero-order chi connectivity index (χ0) is 12.6. The monoisotopic (exact) mass is 250 g/mol. The summed E-state index contributed by atoms with van der Waals surface area (Å²) < 4.78 is 0. The number of likely N-dealkylation sites (tertiary alicyclic amines) is 1. The third-order valence-corrected chi connectivity index (χ3v) is 3.68. The van der Waals surface area contributed by atoms with Crippen LogP contribution in [0.5, 0.6) is 0 Å².